The van der Waals surface area contributed by atoms with Crippen LogP contribution in [0.3, 0.4) is 0 Å². The molecule has 4 fully saturated rings. The molecule has 0 spiro atoms. The summed E-state index contributed by atoms with van der Waals surface area (Å²) in [7, 11) is 0. The van der Waals surface area contributed by atoms with Gasteiger partial charge in [-0.2, -0.15) is 0 Å². The summed E-state index contributed by atoms with van der Waals surface area (Å²) in [6.45, 7) is 5.14. The van der Waals surface area contributed by atoms with Gasteiger partial charge in [0.2, 0.25) is 0 Å². The van der Waals surface area contributed by atoms with Gasteiger partial charge in [0, 0.05) is 12.8 Å². The molecule has 0 amide bonds. The summed E-state index contributed by atoms with van der Waals surface area (Å²) >= 11 is 0. The van der Waals surface area contributed by atoms with Gasteiger partial charge in [-0.15, -0.1) is 0 Å². The summed E-state index contributed by atoms with van der Waals surface area (Å²) < 4.78 is 0. The Bertz CT molecular complexity index is 427. The van der Waals surface area contributed by atoms with E-state index in [-0.39, 0.29) is 0 Å². The molecule has 4 aliphatic carbocycles. The minimum absolute atomic E-state index is 0.501. The van der Waals surface area contributed by atoms with Crippen molar-refractivity contribution in [2.24, 2.45) is 34.5 Å². The Kier molecular flexibility index (Phi) is 2.89. The second kappa shape index (κ2) is 4.34. The lowest BCUT2D eigenvalue weighted by atomic mass is 9.45. The highest BCUT2D eigenvalue weighted by atomic mass is 16.1. The highest BCUT2D eigenvalue weighted by molar-refractivity contribution is 5.79. The summed E-state index contributed by atoms with van der Waals surface area (Å²) in [6, 6.07) is 0. The van der Waals surface area contributed by atoms with Crippen LogP contribution in [0, 0.1) is 34.5 Å². The van der Waals surface area contributed by atoms with Gasteiger partial charge < -0.3 is 0 Å². The average molecular weight is 274 g/mol. The zero-order valence-corrected chi connectivity index (χ0v) is 13.3. The molecule has 0 N–H and O–H groups in total. The predicted molar refractivity (Wildman–Crippen MR) is 81.4 cm³/mol. The molecule has 0 saturated heterocycles. The van der Waals surface area contributed by atoms with Crippen molar-refractivity contribution < 1.29 is 4.79 Å². The molecule has 4 aliphatic rings. The largest absolute Gasteiger partial charge is 0.300 e. The average Bonchev–Trinajstić information content (AvgIpc) is 2.81. The maximum Gasteiger partial charge on any atom is 0.133 e. The fraction of sp³-hybridized carbons (Fsp3) is 0.947. The fourth-order valence-electron chi connectivity index (χ4n) is 7.04. The molecule has 0 aromatic heterocycles. The third-order valence-corrected chi connectivity index (χ3v) is 8.26. The maximum atomic E-state index is 11.9. The first-order valence-electron chi connectivity index (χ1n) is 9.05. The van der Waals surface area contributed by atoms with E-state index in [9.17, 15) is 4.79 Å². The zero-order chi connectivity index (χ0) is 14.0. The molecule has 6 atom stereocenters. The molecule has 4 saturated carbocycles. The van der Waals surface area contributed by atoms with E-state index in [0.29, 0.717) is 16.6 Å². The van der Waals surface area contributed by atoms with Crippen molar-refractivity contribution in [3.05, 3.63) is 0 Å². The van der Waals surface area contributed by atoms with Crippen molar-refractivity contribution in [1.29, 1.82) is 0 Å². The summed E-state index contributed by atoms with van der Waals surface area (Å²) in [5, 5.41) is 0. The van der Waals surface area contributed by atoms with Crippen LogP contribution >= 0.6 is 0 Å². The lowest BCUT2D eigenvalue weighted by Gasteiger charge is -2.59. The van der Waals surface area contributed by atoms with E-state index in [4.69, 9.17) is 0 Å². The molecule has 0 radical (unpaired) electrons. The van der Waals surface area contributed by atoms with Gasteiger partial charge in [0.1, 0.15) is 5.78 Å². The standard InChI is InChI=1S/C19H30O/c1-18-9-3-4-16(18)15-6-5-13-12-14(20)7-11-19(13,2)17(15)8-10-18/h13,15-17H,3-12H2,1-2H3/t13-,15?,16?,17?,18-,19-/m0/s1. The Morgan fingerprint density at radius 2 is 1.80 bits per heavy atom. The quantitative estimate of drug-likeness (QED) is 0.608. The maximum absolute atomic E-state index is 11.9. The van der Waals surface area contributed by atoms with Gasteiger partial charge in [-0.3, -0.25) is 4.79 Å². The Balaban J connectivity index is 1.64. The van der Waals surface area contributed by atoms with Crippen molar-refractivity contribution in [2.45, 2.75) is 78.1 Å². The molecule has 3 unspecified atom stereocenters. The van der Waals surface area contributed by atoms with E-state index in [2.05, 4.69) is 13.8 Å². The summed E-state index contributed by atoms with van der Waals surface area (Å²) in [5.41, 5.74) is 1.18. The number of fused-ring (bicyclic) bond motifs is 5. The van der Waals surface area contributed by atoms with E-state index in [1.165, 1.54) is 51.4 Å². The first kappa shape index (κ1) is 13.3. The SMILES string of the molecule is C[C@@]12CCCC1C1CC[C@H]3CC(=O)CC[C@]3(C)C1CC2. The van der Waals surface area contributed by atoms with Crippen LogP contribution in [0.4, 0.5) is 0 Å². The number of hydrogen-bond donors (Lipinski definition) is 0. The first-order valence-corrected chi connectivity index (χ1v) is 9.05. The van der Waals surface area contributed by atoms with Crippen LogP contribution in [0.5, 0.6) is 0 Å². The van der Waals surface area contributed by atoms with Crippen LogP contribution in [-0.2, 0) is 4.79 Å². The zero-order valence-electron chi connectivity index (χ0n) is 13.3. The number of hydrogen-bond acceptors (Lipinski definition) is 1. The van der Waals surface area contributed by atoms with Gasteiger partial charge >= 0.3 is 0 Å². The van der Waals surface area contributed by atoms with Crippen LogP contribution in [0.1, 0.15) is 78.1 Å². The van der Waals surface area contributed by atoms with Crippen LogP contribution in [0.2, 0.25) is 0 Å². The van der Waals surface area contributed by atoms with E-state index >= 15 is 0 Å². The van der Waals surface area contributed by atoms with Crippen LogP contribution in [-0.4, -0.2) is 5.78 Å². The highest BCUT2D eigenvalue weighted by Crippen LogP contribution is 2.65. The van der Waals surface area contributed by atoms with Gasteiger partial charge in [0.05, 0.1) is 0 Å². The van der Waals surface area contributed by atoms with E-state index in [0.717, 1.165) is 36.5 Å². The molecule has 4 rings (SSSR count). The van der Waals surface area contributed by atoms with Crippen molar-refractivity contribution in [3.63, 3.8) is 0 Å². The molecule has 0 bridgehead atoms. The fourth-order valence-corrected chi connectivity index (χ4v) is 7.04. The van der Waals surface area contributed by atoms with Gasteiger partial charge in [-0.05, 0) is 79.4 Å². The van der Waals surface area contributed by atoms with Crippen LogP contribution < -0.4 is 0 Å². The molecule has 1 heteroatoms. The third-order valence-electron chi connectivity index (χ3n) is 8.26. The molecular weight excluding hydrogens is 244 g/mol. The van der Waals surface area contributed by atoms with Gasteiger partial charge in [0.15, 0.2) is 0 Å². The molecule has 0 aromatic rings. The van der Waals surface area contributed by atoms with E-state index in [1.54, 1.807) is 0 Å². The smallest absolute Gasteiger partial charge is 0.133 e. The molecule has 1 nitrogen and oxygen atoms in total. The Hall–Kier alpha value is -0.330. The van der Waals surface area contributed by atoms with Crippen LogP contribution in [0.15, 0.2) is 0 Å². The number of ketones is 1. The Morgan fingerprint density at radius 1 is 0.950 bits per heavy atom. The molecule has 0 heterocycles. The van der Waals surface area contributed by atoms with Gasteiger partial charge in [-0.25, -0.2) is 0 Å². The van der Waals surface area contributed by atoms with Crippen molar-refractivity contribution in [1.82, 2.24) is 0 Å². The van der Waals surface area contributed by atoms with E-state index in [1.807, 2.05) is 0 Å². The Labute approximate surface area is 123 Å². The van der Waals surface area contributed by atoms with Crippen molar-refractivity contribution >= 4 is 5.78 Å². The third kappa shape index (κ3) is 1.70. The predicted octanol–water partition coefficient (Wildman–Crippen LogP) is 4.99. The summed E-state index contributed by atoms with van der Waals surface area (Å²) in [6.07, 6.45) is 13.1. The minimum Gasteiger partial charge on any atom is -0.300 e. The topological polar surface area (TPSA) is 17.1 Å². The monoisotopic (exact) mass is 274 g/mol. The minimum atomic E-state index is 0.501. The second-order valence-corrected chi connectivity index (χ2v) is 8.98. The lowest BCUT2D eigenvalue weighted by Crippen LogP contribution is -2.52. The number of Topliss-reactive ketones (excluding diaryl/α,β-unsaturated/α-hetero) is 1. The number of carbonyl (C=O) groups is 1. The molecule has 0 aromatic carbocycles. The Morgan fingerprint density at radius 3 is 2.65 bits per heavy atom. The van der Waals surface area contributed by atoms with Gasteiger partial charge in [0.25, 0.3) is 0 Å². The van der Waals surface area contributed by atoms with E-state index < -0.39 is 0 Å². The summed E-state index contributed by atoms with van der Waals surface area (Å²) in [4.78, 5) is 11.9. The van der Waals surface area contributed by atoms with Crippen LogP contribution in [0.25, 0.3) is 0 Å². The molecule has 112 valence electrons. The molecule has 20 heavy (non-hydrogen) atoms. The molecular formula is C19H30O. The highest BCUT2D eigenvalue weighted by Gasteiger charge is 2.57. The first-order chi connectivity index (χ1) is 9.53. The second-order valence-electron chi connectivity index (χ2n) is 8.98. The van der Waals surface area contributed by atoms with Crippen molar-refractivity contribution in [3.8, 4) is 0 Å². The van der Waals surface area contributed by atoms with Crippen molar-refractivity contribution in [2.75, 3.05) is 0 Å². The summed E-state index contributed by atoms with van der Waals surface area (Å²) in [5.74, 6) is 4.20. The molecule has 0 aliphatic heterocycles. The number of rotatable bonds is 0. The normalized spacial score (nSPS) is 55.0. The number of carbonyl (C=O) groups excluding carboxylic acids is 1. The van der Waals surface area contributed by atoms with Gasteiger partial charge in [-0.1, -0.05) is 20.3 Å². The lowest BCUT2D eigenvalue weighted by molar-refractivity contribution is -0.137.